The number of aliphatic carboxylic acids is 1. The van der Waals surface area contributed by atoms with Gasteiger partial charge in [0.2, 0.25) is 0 Å². The molecule has 9 heteroatoms. The maximum Gasteiger partial charge on any atom is 0.293 e. The number of ether oxygens (including phenoxy) is 1. The van der Waals surface area contributed by atoms with Crippen molar-refractivity contribution in [3.63, 3.8) is 0 Å². The maximum atomic E-state index is 12.7. The lowest BCUT2D eigenvalue weighted by atomic mass is 9.34. The highest BCUT2D eigenvalue weighted by Gasteiger charge is 2.83. The standard InChI is InChI=1S/C26H42N4O5/c1-16-4-5-17-12-18-20(21(32)33)24(34,15-35-3)19-6-7-23(13-29-9-11-31)8-10-30(22(27)28-2)14-25(17,23)26(16,18)19/h16-17,19,29,31,34H,4-15H2,1-3H3,(H2,27,28)(H,32,33). The van der Waals surface area contributed by atoms with Gasteiger partial charge in [0.05, 0.1) is 32.3 Å². The first-order chi connectivity index (χ1) is 16.7. The van der Waals surface area contributed by atoms with Gasteiger partial charge in [0.15, 0.2) is 0 Å². The Morgan fingerprint density at radius 3 is 2.77 bits per heavy atom. The number of carboxylic acids is 1. The number of carbonyl (C=O) groups is 1. The van der Waals surface area contributed by atoms with E-state index in [1.54, 1.807) is 7.05 Å². The van der Waals surface area contributed by atoms with Crippen molar-refractivity contribution >= 4 is 11.9 Å². The van der Waals surface area contributed by atoms with Gasteiger partial charge in [-0.3, -0.25) is 4.90 Å². The quantitative estimate of drug-likeness (QED) is 0.159. The number of methoxy groups -OCH3 is 1. The smallest absolute Gasteiger partial charge is 0.293 e. The molecule has 2 spiro atoms. The van der Waals surface area contributed by atoms with Crippen molar-refractivity contribution in [3.05, 3.63) is 11.1 Å². The second-order valence-corrected chi connectivity index (χ2v) is 11.9. The molecule has 0 radical (unpaired) electrons. The van der Waals surface area contributed by atoms with Gasteiger partial charge in [-0.15, -0.1) is 0 Å². The highest BCUT2D eigenvalue weighted by molar-refractivity contribution is 5.90. The number of allylic oxidation sites excluding steroid dienone is 1. The summed E-state index contributed by atoms with van der Waals surface area (Å²) >= 11 is 0. The van der Waals surface area contributed by atoms with Gasteiger partial charge < -0.3 is 35.9 Å². The molecule has 196 valence electrons. The number of aliphatic imine (C=N–C) groups is 1. The van der Waals surface area contributed by atoms with Crippen molar-refractivity contribution in [2.24, 2.45) is 44.7 Å². The molecule has 1 saturated heterocycles. The fourth-order valence-corrected chi connectivity index (χ4v) is 10.4. The van der Waals surface area contributed by atoms with Gasteiger partial charge in [0.1, 0.15) is 5.60 Å². The third kappa shape index (κ3) is 2.87. The summed E-state index contributed by atoms with van der Waals surface area (Å²) < 4.78 is 5.49. The molecule has 8 atom stereocenters. The van der Waals surface area contributed by atoms with Crippen LogP contribution >= 0.6 is 0 Å². The molecule has 9 nitrogen and oxygen atoms in total. The molecule has 1 aliphatic heterocycles. The summed E-state index contributed by atoms with van der Waals surface area (Å²) in [5.41, 5.74) is 5.15. The largest absolute Gasteiger partial charge is 0.545 e. The Balaban J connectivity index is 1.78. The fraction of sp³-hybridized carbons (Fsp3) is 0.846. The molecule has 0 aromatic heterocycles. The average Bonchev–Trinajstić information content (AvgIpc) is 3.17. The molecule has 5 rings (SSSR count). The van der Waals surface area contributed by atoms with E-state index in [2.05, 4.69) is 17.2 Å². The first kappa shape index (κ1) is 25.1. The average molecular weight is 491 g/mol. The number of nitrogens with zero attached hydrogens (tertiary/aromatic N) is 1. The summed E-state index contributed by atoms with van der Waals surface area (Å²) in [5, 5.41) is 37.9. The Hall–Kier alpha value is -1.52. The molecule has 2 bridgehead atoms. The molecular weight excluding hydrogens is 448 g/mol. The highest BCUT2D eigenvalue weighted by Crippen LogP contribution is 2.83. The Bertz CT molecular complexity index is 954. The Morgan fingerprint density at radius 1 is 1.34 bits per heavy atom. The van der Waals surface area contributed by atoms with Gasteiger partial charge in [0.25, 0.3) is 5.96 Å². The fourth-order valence-electron chi connectivity index (χ4n) is 10.4. The van der Waals surface area contributed by atoms with E-state index in [1.807, 2.05) is 0 Å². The van der Waals surface area contributed by atoms with Crippen molar-refractivity contribution in [3.8, 4) is 0 Å². The molecule has 4 fully saturated rings. The third-order valence-corrected chi connectivity index (χ3v) is 11.2. The summed E-state index contributed by atoms with van der Waals surface area (Å²) in [6, 6.07) is 0. The molecular formula is C26H42N4O5. The SMILES string of the molecule is CN=C(N)[NH+]1CCC2(CNCCO)CCC3C(O)(COC)C(C(=O)[O-])=C4CC5CCC(C)C43C52C1. The van der Waals surface area contributed by atoms with E-state index < -0.39 is 17.0 Å². The van der Waals surface area contributed by atoms with E-state index >= 15 is 0 Å². The van der Waals surface area contributed by atoms with Crippen LogP contribution in [0.15, 0.2) is 16.1 Å². The normalized spacial score (nSPS) is 46.5. The second kappa shape index (κ2) is 8.52. The van der Waals surface area contributed by atoms with Crippen molar-refractivity contribution in [1.29, 1.82) is 0 Å². The van der Waals surface area contributed by atoms with Crippen LogP contribution in [-0.2, 0) is 9.53 Å². The van der Waals surface area contributed by atoms with Crippen LogP contribution in [0.3, 0.4) is 0 Å². The Morgan fingerprint density at radius 2 is 2.11 bits per heavy atom. The number of quaternary nitrogens is 1. The minimum Gasteiger partial charge on any atom is -0.545 e. The van der Waals surface area contributed by atoms with Gasteiger partial charge in [0, 0.05) is 61.4 Å². The van der Waals surface area contributed by atoms with Crippen molar-refractivity contribution < 1.29 is 29.8 Å². The number of aliphatic hydroxyl groups is 2. The summed E-state index contributed by atoms with van der Waals surface area (Å²) in [5.74, 6) is -0.352. The lowest BCUT2D eigenvalue weighted by Crippen LogP contribution is -3.19. The molecule has 8 unspecified atom stereocenters. The van der Waals surface area contributed by atoms with Crippen LogP contribution < -0.4 is 21.1 Å². The highest BCUT2D eigenvalue weighted by atomic mass is 16.5. The van der Waals surface area contributed by atoms with Gasteiger partial charge in [-0.25, -0.2) is 4.99 Å². The lowest BCUT2D eigenvalue weighted by molar-refractivity contribution is -0.832. The van der Waals surface area contributed by atoms with Crippen LogP contribution in [0, 0.1) is 34.0 Å². The molecule has 0 aromatic rings. The lowest BCUT2D eigenvalue weighted by Gasteiger charge is -2.70. The Kier molecular flexibility index (Phi) is 6.12. The number of hydrogen-bond acceptors (Lipinski definition) is 7. The first-order valence-electron chi connectivity index (χ1n) is 13.3. The molecule has 3 saturated carbocycles. The number of carboxylic acid groups (broad SMARTS) is 1. The van der Waals surface area contributed by atoms with Crippen LogP contribution in [0.2, 0.25) is 0 Å². The maximum absolute atomic E-state index is 12.7. The number of likely N-dealkylation sites (tertiary alicyclic amines) is 1. The summed E-state index contributed by atoms with van der Waals surface area (Å²) in [6.45, 7) is 5.28. The molecule has 0 aromatic carbocycles. The zero-order chi connectivity index (χ0) is 25.2. The number of hydrogen-bond donors (Lipinski definition) is 5. The summed E-state index contributed by atoms with van der Waals surface area (Å²) in [6.07, 6.45) is 5.34. The van der Waals surface area contributed by atoms with E-state index in [0.717, 1.165) is 57.3 Å². The van der Waals surface area contributed by atoms with Crippen LogP contribution in [0.25, 0.3) is 0 Å². The number of rotatable bonds is 7. The number of nitrogens with two attached hydrogens (primary N) is 1. The zero-order valence-electron chi connectivity index (χ0n) is 21.4. The molecule has 1 heterocycles. The van der Waals surface area contributed by atoms with E-state index in [-0.39, 0.29) is 41.5 Å². The summed E-state index contributed by atoms with van der Waals surface area (Å²) in [7, 11) is 3.26. The Labute approximate surface area is 207 Å². The number of aliphatic hydroxyl groups excluding tert-OH is 1. The van der Waals surface area contributed by atoms with E-state index in [0.29, 0.717) is 24.8 Å². The van der Waals surface area contributed by atoms with Crippen molar-refractivity contribution in [2.75, 3.05) is 53.6 Å². The summed E-state index contributed by atoms with van der Waals surface area (Å²) in [4.78, 5) is 18.2. The molecule has 35 heavy (non-hydrogen) atoms. The van der Waals surface area contributed by atoms with Crippen LogP contribution in [0.5, 0.6) is 0 Å². The predicted molar refractivity (Wildman–Crippen MR) is 128 cm³/mol. The topological polar surface area (TPSA) is 145 Å². The van der Waals surface area contributed by atoms with E-state index in [4.69, 9.17) is 10.5 Å². The minimum atomic E-state index is -1.56. The molecule has 6 N–H and O–H groups in total. The van der Waals surface area contributed by atoms with Crippen LogP contribution in [0.4, 0.5) is 0 Å². The molecule has 0 amide bonds. The number of nitrogens with one attached hydrogen (secondary N) is 2. The first-order valence-corrected chi connectivity index (χ1v) is 13.3. The number of piperidine rings is 1. The van der Waals surface area contributed by atoms with Crippen LogP contribution in [-0.4, -0.2) is 81.3 Å². The van der Waals surface area contributed by atoms with E-state index in [1.165, 1.54) is 12.0 Å². The van der Waals surface area contributed by atoms with Crippen LogP contribution in [0.1, 0.15) is 45.4 Å². The minimum absolute atomic E-state index is 0.0371. The predicted octanol–water partition coefficient (Wildman–Crippen LogP) is -1.94. The van der Waals surface area contributed by atoms with Gasteiger partial charge in [-0.2, -0.15) is 0 Å². The van der Waals surface area contributed by atoms with Crippen molar-refractivity contribution in [1.82, 2.24) is 5.32 Å². The number of guanidine groups is 1. The van der Waals surface area contributed by atoms with E-state index in [9.17, 15) is 20.1 Å². The number of carbonyl (C=O) groups excluding carboxylic acids is 1. The third-order valence-electron chi connectivity index (χ3n) is 11.2. The van der Waals surface area contributed by atoms with Gasteiger partial charge in [-0.05, 0) is 43.9 Å². The molecule has 5 aliphatic rings. The molecule has 4 aliphatic carbocycles. The van der Waals surface area contributed by atoms with Gasteiger partial charge in [-0.1, -0.05) is 12.5 Å². The van der Waals surface area contributed by atoms with Crippen molar-refractivity contribution in [2.45, 2.75) is 51.0 Å². The monoisotopic (exact) mass is 490 g/mol. The zero-order valence-corrected chi connectivity index (χ0v) is 21.4. The second-order valence-electron chi connectivity index (χ2n) is 11.9. The van der Waals surface area contributed by atoms with Gasteiger partial charge >= 0.3 is 0 Å².